The van der Waals surface area contributed by atoms with Crippen molar-refractivity contribution in [1.82, 2.24) is 10.2 Å². The molecule has 0 amide bonds. The molecule has 0 bridgehead atoms. The largest absolute Gasteiger partial charge is 0.466 e. The van der Waals surface area contributed by atoms with Crippen LogP contribution < -0.4 is 5.32 Å². The molecule has 0 aromatic heterocycles. The average molecular weight is 653 g/mol. The second kappa shape index (κ2) is 38.3. The van der Waals surface area contributed by atoms with E-state index in [1.165, 1.54) is 141 Å². The lowest BCUT2D eigenvalue weighted by atomic mass is 10.0. The maximum absolute atomic E-state index is 12.1. The van der Waals surface area contributed by atoms with Gasteiger partial charge in [0, 0.05) is 13.1 Å². The molecule has 0 heterocycles. The zero-order valence-corrected chi connectivity index (χ0v) is 31.3. The Labute approximate surface area is 287 Å². The second-order valence-electron chi connectivity index (χ2n) is 13.8. The first-order valence-electron chi connectivity index (χ1n) is 20.3. The first-order valence-corrected chi connectivity index (χ1v) is 20.3. The van der Waals surface area contributed by atoms with E-state index in [4.69, 9.17) is 9.47 Å². The average Bonchev–Trinajstić information content (AvgIpc) is 3.05. The monoisotopic (exact) mass is 653 g/mol. The summed E-state index contributed by atoms with van der Waals surface area (Å²) >= 11 is 0. The minimum atomic E-state index is -0.0964. The van der Waals surface area contributed by atoms with Crippen LogP contribution in [0.15, 0.2) is 0 Å². The maximum Gasteiger partial charge on any atom is 0.307 e. The van der Waals surface area contributed by atoms with Crippen LogP contribution in [0.1, 0.15) is 200 Å². The molecule has 0 aliphatic rings. The van der Waals surface area contributed by atoms with Gasteiger partial charge in [-0.05, 0) is 39.4 Å². The molecule has 0 rings (SSSR count). The van der Waals surface area contributed by atoms with Gasteiger partial charge < -0.3 is 19.7 Å². The Morgan fingerprint density at radius 1 is 0.435 bits per heavy atom. The fourth-order valence-corrected chi connectivity index (χ4v) is 5.94. The number of hydrogen-bond acceptors (Lipinski definition) is 6. The number of unbranched alkanes of at least 4 members (excludes halogenated alkanes) is 24. The minimum absolute atomic E-state index is 0.0822. The highest BCUT2D eigenvalue weighted by molar-refractivity contribution is 5.69. The fourth-order valence-electron chi connectivity index (χ4n) is 5.94. The third kappa shape index (κ3) is 37.3. The van der Waals surface area contributed by atoms with E-state index in [9.17, 15) is 9.59 Å². The van der Waals surface area contributed by atoms with Crippen LogP contribution in [0.2, 0.25) is 0 Å². The van der Waals surface area contributed by atoms with Gasteiger partial charge in [-0.25, -0.2) is 0 Å². The predicted octanol–water partition coefficient (Wildman–Crippen LogP) is 10.9. The Morgan fingerprint density at radius 2 is 0.783 bits per heavy atom. The van der Waals surface area contributed by atoms with Crippen LogP contribution in [0.25, 0.3) is 0 Å². The van der Waals surface area contributed by atoms with Crippen molar-refractivity contribution >= 4 is 11.9 Å². The summed E-state index contributed by atoms with van der Waals surface area (Å²) in [5.74, 6) is -0.179. The number of rotatable bonds is 38. The Balaban J connectivity index is 3.35. The lowest BCUT2D eigenvalue weighted by Gasteiger charge is -2.16. The lowest BCUT2D eigenvalue weighted by Crippen LogP contribution is -2.27. The standard InChI is InChI=1S/C40H80N2O4/c1-4-6-8-10-12-14-16-18-20-22-24-26-28-37-45-39(43)31-34-41-33-30-35-42(3)36-32-40(44)46-38-29-27-25-23-21-19-17-15-13-11-9-7-5-2/h41H,4-38H2,1-3H3. The molecule has 0 aromatic carbocycles. The van der Waals surface area contributed by atoms with Crippen molar-refractivity contribution in [2.75, 3.05) is 46.4 Å². The summed E-state index contributed by atoms with van der Waals surface area (Å²) in [5.41, 5.74) is 0. The normalized spacial score (nSPS) is 11.4. The minimum Gasteiger partial charge on any atom is -0.466 e. The Kier molecular flexibility index (Phi) is 37.4. The molecule has 0 fully saturated rings. The van der Waals surface area contributed by atoms with Gasteiger partial charge in [0.25, 0.3) is 0 Å². The van der Waals surface area contributed by atoms with E-state index in [0.29, 0.717) is 32.6 Å². The quantitative estimate of drug-likeness (QED) is 0.0529. The molecule has 46 heavy (non-hydrogen) atoms. The molecule has 6 nitrogen and oxygen atoms in total. The molecular formula is C40H80N2O4. The first kappa shape index (κ1) is 44.9. The molecule has 0 spiro atoms. The molecule has 0 unspecified atom stereocenters. The van der Waals surface area contributed by atoms with Gasteiger partial charge in [-0.2, -0.15) is 0 Å². The molecule has 0 aliphatic carbocycles. The van der Waals surface area contributed by atoms with Crippen LogP contribution in [-0.2, 0) is 19.1 Å². The van der Waals surface area contributed by atoms with Gasteiger partial charge >= 0.3 is 11.9 Å². The smallest absolute Gasteiger partial charge is 0.307 e. The van der Waals surface area contributed by atoms with Gasteiger partial charge in [0.2, 0.25) is 0 Å². The highest BCUT2D eigenvalue weighted by Crippen LogP contribution is 2.14. The third-order valence-corrected chi connectivity index (χ3v) is 9.12. The van der Waals surface area contributed by atoms with Crippen molar-refractivity contribution in [2.24, 2.45) is 0 Å². The van der Waals surface area contributed by atoms with Crippen molar-refractivity contribution in [3.05, 3.63) is 0 Å². The number of ether oxygens (including phenoxy) is 2. The van der Waals surface area contributed by atoms with E-state index in [-0.39, 0.29) is 11.9 Å². The molecule has 0 saturated heterocycles. The third-order valence-electron chi connectivity index (χ3n) is 9.12. The van der Waals surface area contributed by atoms with Gasteiger partial charge in [0.1, 0.15) is 0 Å². The summed E-state index contributed by atoms with van der Waals surface area (Å²) in [5, 5.41) is 3.34. The molecule has 0 saturated carbocycles. The van der Waals surface area contributed by atoms with Crippen molar-refractivity contribution in [1.29, 1.82) is 0 Å². The second-order valence-corrected chi connectivity index (χ2v) is 13.8. The summed E-state index contributed by atoms with van der Waals surface area (Å²) in [4.78, 5) is 26.2. The summed E-state index contributed by atoms with van der Waals surface area (Å²) in [7, 11) is 2.05. The zero-order chi connectivity index (χ0) is 33.6. The summed E-state index contributed by atoms with van der Waals surface area (Å²) in [6, 6.07) is 0. The van der Waals surface area contributed by atoms with Gasteiger partial charge in [0.05, 0.1) is 26.1 Å². The molecule has 6 heteroatoms. The number of nitrogens with zero attached hydrogens (tertiary/aromatic N) is 1. The number of hydrogen-bond donors (Lipinski definition) is 1. The highest BCUT2D eigenvalue weighted by Gasteiger charge is 2.07. The van der Waals surface area contributed by atoms with Gasteiger partial charge in [0.15, 0.2) is 0 Å². The van der Waals surface area contributed by atoms with Crippen LogP contribution in [0.3, 0.4) is 0 Å². The van der Waals surface area contributed by atoms with E-state index >= 15 is 0 Å². The number of nitrogens with one attached hydrogen (secondary N) is 1. The molecule has 0 aliphatic heterocycles. The molecule has 274 valence electrons. The SMILES string of the molecule is CCCCCCCCCCCCCCCOC(=O)CCNCCCN(C)CCC(=O)OCCCCCCCCCCCCCCC. The van der Waals surface area contributed by atoms with Gasteiger partial charge in [-0.1, -0.05) is 168 Å². The maximum atomic E-state index is 12.1. The summed E-state index contributed by atoms with van der Waals surface area (Å²) in [6.45, 7) is 8.83. The van der Waals surface area contributed by atoms with Gasteiger partial charge in [-0.15, -0.1) is 0 Å². The summed E-state index contributed by atoms with van der Waals surface area (Å²) < 4.78 is 10.8. The van der Waals surface area contributed by atoms with Crippen molar-refractivity contribution in [3.63, 3.8) is 0 Å². The van der Waals surface area contributed by atoms with E-state index in [1.807, 2.05) is 7.05 Å². The molecule has 0 atom stereocenters. The van der Waals surface area contributed by atoms with E-state index < -0.39 is 0 Å². The molecular weight excluding hydrogens is 572 g/mol. The van der Waals surface area contributed by atoms with Crippen molar-refractivity contribution < 1.29 is 19.1 Å². The van der Waals surface area contributed by atoms with Crippen LogP contribution >= 0.6 is 0 Å². The number of carbonyl (C=O) groups is 2. The Morgan fingerprint density at radius 3 is 1.17 bits per heavy atom. The van der Waals surface area contributed by atoms with E-state index in [0.717, 1.165) is 51.7 Å². The van der Waals surface area contributed by atoms with Crippen LogP contribution in [0.4, 0.5) is 0 Å². The topological polar surface area (TPSA) is 67.9 Å². The highest BCUT2D eigenvalue weighted by atomic mass is 16.5. The Bertz CT molecular complexity index is 630. The number of carbonyl (C=O) groups excluding carboxylic acids is 2. The van der Waals surface area contributed by atoms with Crippen molar-refractivity contribution in [3.8, 4) is 0 Å². The van der Waals surface area contributed by atoms with Crippen LogP contribution in [0.5, 0.6) is 0 Å². The van der Waals surface area contributed by atoms with E-state index in [1.54, 1.807) is 0 Å². The van der Waals surface area contributed by atoms with Crippen LogP contribution in [-0.4, -0.2) is 63.3 Å². The zero-order valence-electron chi connectivity index (χ0n) is 31.3. The fraction of sp³-hybridized carbons (Fsp3) is 0.950. The first-order chi connectivity index (χ1) is 22.6. The molecule has 0 radical (unpaired) electrons. The summed E-state index contributed by atoms with van der Waals surface area (Å²) in [6.07, 6.45) is 36.3. The van der Waals surface area contributed by atoms with Crippen LogP contribution in [0, 0.1) is 0 Å². The predicted molar refractivity (Wildman–Crippen MR) is 198 cm³/mol. The molecule has 1 N–H and O–H groups in total. The van der Waals surface area contributed by atoms with E-state index in [2.05, 4.69) is 24.1 Å². The Hall–Kier alpha value is -1.14. The number of esters is 2. The van der Waals surface area contributed by atoms with Gasteiger partial charge in [-0.3, -0.25) is 9.59 Å². The van der Waals surface area contributed by atoms with Crippen molar-refractivity contribution in [2.45, 2.75) is 200 Å². The lowest BCUT2D eigenvalue weighted by molar-refractivity contribution is -0.144. The molecule has 0 aromatic rings.